The summed E-state index contributed by atoms with van der Waals surface area (Å²) in [5.41, 5.74) is 5.66. The number of para-hydroxylation sites is 1. The molecule has 2 rings (SSSR count). The van der Waals surface area contributed by atoms with Gasteiger partial charge in [0.05, 0.1) is 0 Å². The number of likely N-dealkylation sites (tertiary alicyclic amines) is 1. The maximum atomic E-state index is 12.0. The van der Waals surface area contributed by atoms with E-state index >= 15 is 0 Å². The number of nitrogens with zero attached hydrogens (tertiary/aromatic N) is 1. The van der Waals surface area contributed by atoms with Crippen molar-refractivity contribution in [2.45, 2.75) is 12.8 Å². The van der Waals surface area contributed by atoms with E-state index in [1.54, 1.807) is 0 Å². The Morgan fingerprint density at radius 1 is 1.37 bits per heavy atom. The van der Waals surface area contributed by atoms with Crippen LogP contribution in [0.15, 0.2) is 30.3 Å². The third kappa shape index (κ3) is 4.73. The second-order valence-corrected chi connectivity index (χ2v) is 4.69. The first-order valence-electron chi connectivity index (χ1n) is 6.45. The summed E-state index contributed by atoms with van der Waals surface area (Å²) in [6.45, 7) is 2.37. The van der Waals surface area contributed by atoms with Gasteiger partial charge in [0.15, 0.2) is 6.61 Å². The number of carbonyl (C=O) groups is 1. The van der Waals surface area contributed by atoms with Crippen LogP contribution in [0.1, 0.15) is 12.8 Å². The van der Waals surface area contributed by atoms with Gasteiger partial charge in [-0.25, -0.2) is 0 Å². The minimum Gasteiger partial charge on any atom is -0.484 e. The number of benzene rings is 1. The zero-order valence-electron chi connectivity index (χ0n) is 11.0. The van der Waals surface area contributed by atoms with E-state index in [0.717, 1.165) is 31.7 Å². The fourth-order valence-corrected chi connectivity index (χ4v) is 2.24. The lowest BCUT2D eigenvalue weighted by Gasteiger charge is -2.32. The predicted molar refractivity (Wildman–Crippen MR) is 77.5 cm³/mol. The third-order valence-electron chi connectivity index (χ3n) is 3.31. The highest BCUT2D eigenvalue weighted by atomic mass is 35.5. The highest BCUT2D eigenvalue weighted by Crippen LogP contribution is 2.15. The Labute approximate surface area is 120 Å². The van der Waals surface area contributed by atoms with Crippen molar-refractivity contribution in [1.82, 2.24) is 4.90 Å². The maximum Gasteiger partial charge on any atom is 0.260 e. The van der Waals surface area contributed by atoms with Gasteiger partial charge in [-0.3, -0.25) is 4.79 Å². The van der Waals surface area contributed by atoms with Gasteiger partial charge in [-0.15, -0.1) is 12.4 Å². The normalized spacial score (nSPS) is 18.6. The lowest BCUT2D eigenvalue weighted by Crippen LogP contribution is -2.44. The molecule has 0 aromatic heterocycles. The Kier molecular flexibility index (Phi) is 6.67. The lowest BCUT2D eigenvalue weighted by molar-refractivity contribution is -0.135. The summed E-state index contributed by atoms with van der Waals surface area (Å²) in [7, 11) is 0. The number of hydrogen-bond acceptors (Lipinski definition) is 3. The summed E-state index contributed by atoms with van der Waals surface area (Å²) in [6, 6.07) is 9.42. The van der Waals surface area contributed by atoms with E-state index in [2.05, 4.69) is 0 Å². The summed E-state index contributed by atoms with van der Waals surface area (Å²) >= 11 is 0. The van der Waals surface area contributed by atoms with Crippen LogP contribution in [0, 0.1) is 5.92 Å². The number of nitrogens with two attached hydrogens (primary N) is 1. The Hall–Kier alpha value is -1.26. The van der Waals surface area contributed by atoms with Gasteiger partial charge >= 0.3 is 0 Å². The second kappa shape index (κ2) is 8.02. The Morgan fingerprint density at radius 3 is 2.79 bits per heavy atom. The van der Waals surface area contributed by atoms with Crippen molar-refractivity contribution in [3.05, 3.63) is 30.3 Å². The predicted octanol–water partition coefficient (Wildman–Crippen LogP) is 1.68. The van der Waals surface area contributed by atoms with E-state index in [9.17, 15) is 4.79 Å². The number of piperidine rings is 1. The van der Waals surface area contributed by atoms with E-state index in [1.807, 2.05) is 35.2 Å². The van der Waals surface area contributed by atoms with Crippen LogP contribution in [-0.2, 0) is 4.79 Å². The molecule has 1 saturated heterocycles. The molecule has 1 aliphatic rings. The summed E-state index contributed by atoms with van der Waals surface area (Å²) in [5, 5.41) is 0. The molecule has 1 unspecified atom stereocenters. The molecular formula is C14H21ClN2O2. The van der Waals surface area contributed by atoms with Crippen LogP contribution < -0.4 is 10.5 Å². The molecule has 0 radical (unpaired) electrons. The van der Waals surface area contributed by atoms with Crippen LogP contribution in [0.2, 0.25) is 0 Å². The first kappa shape index (κ1) is 15.8. The van der Waals surface area contributed by atoms with E-state index in [1.165, 1.54) is 0 Å². The molecule has 1 fully saturated rings. The summed E-state index contributed by atoms with van der Waals surface area (Å²) in [5.74, 6) is 1.23. The molecule has 1 amide bonds. The number of halogens is 1. The minimum absolute atomic E-state index is 0. The molecule has 0 aliphatic carbocycles. The molecule has 2 N–H and O–H groups in total. The average molecular weight is 285 g/mol. The van der Waals surface area contributed by atoms with Gasteiger partial charge in [-0.1, -0.05) is 18.2 Å². The van der Waals surface area contributed by atoms with Crippen molar-refractivity contribution in [3.63, 3.8) is 0 Å². The zero-order valence-corrected chi connectivity index (χ0v) is 11.8. The van der Waals surface area contributed by atoms with Crippen LogP contribution in [0.5, 0.6) is 5.75 Å². The number of ether oxygens (including phenoxy) is 1. The maximum absolute atomic E-state index is 12.0. The third-order valence-corrected chi connectivity index (χ3v) is 3.31. The molecule has 1 aliphatic heterocycles. The first-order valence-corrected chi connectivity index (χ1v) is 6.45. The van der Waals surface area contributed by atoms with Crippen molar-refractivity contribution < 1.29 is 9.53 Å². The molecule has 1 heterocycles. The van der Waals surface area contributed by atoms with Gasteiger partial charge in [0, 0.05) is 13.1 Å². The number of rotatable bonds is 4. The molecule has 0 spiro atoms. The number of amides is 1. The van der Waals surface area contributed by atoms with E-state index in [-0.39, 0.29) is 24.9 Å². The van der Waals surface area contributed by atoms with Gasteiger partial charge in [0.25, 0.3) is 5.91 Å². The number of hydrogen-bond donors (Lipinski definition) is 1. The van der Waals surface area contributed by atoms with Crippen LogP contribution in [0.25, 0.3) is 0 Å². The van der Waals surface area contributed by atoms with Crippen molar-refractivity contribution in [2.24, 2.45) is 11.7 Å². The Bertz CT molecular complexity index is 386. The molecule has 1 aromatic carbocycles. The van der Waals surface area contributed by atoms with E-state index in [0.29, 0.717) is 12.5 Å². The molecule has 106 valence electrons. The molecule has 19 heavy (non-hydrogen) atoms. The molecule has 5 heteroatoms. The van der Waals surface area contributed by atoms with Gasteiger partial charge in [-0.2, -0.15) is 0 Å². The highest BCUT2D eigenvalue weighted by molar-refractivity contribution is 5.85. The fourth-order valence-electron chi connectivity index (χ4n) is 2.24. The molecule has 4 nitrogen and oxygen atoms in total. The minimum atomic E-state index is 0. The highest BCUT2D eigenvalue weighted by Gasteiger charge is 2.22. The van der Waals surface area contributed by atoms with Gasteiger partial charge in [0.1, 0.15) is 5.75 Å². The molecule has 0 bridgehead atoms. The molecule has 1 aromatic rings. The number of carbonyl (C=O) groups excluding carboxylic acids is 1. The quantitative estimate of drug-likeness (QED) is 0.915. The topological polar surface area (TPSA) is 55.6 Å². The fraction of sp³-hybridized carbons (Fsp3) is 0.500. The zero-order chi connectivity index (χ0) is 12.8. The standard InChI is InChI=1S/C14H20N2O2.ClH/c15-9-12-5-4-8-16(10-12)14(17)11-18-13-6-2-1-3-7-13;/h1-3,6-7,12H,4-5,8-11,15H2;1H. The Morgan fingerprint density at radius 2 is 2.11 bits per heavy atom. The summed E-state index contributed by atoms with van der Waals surface area (Å²) in [6.07, 6.45) is 2.17. The summed E-state index contributed by atoms with van der Waals surface area (Å²) < 4.78 is 5.47. The van der Waals surface area contributed by atoms with Gasteiger partial charge in [-0.05, 0) is 37.4 Å². The van der Waals surface area contributed by atoms with Crippen molar-refractivity contribution in [3.8, 4) is 5.75 Å². The van der Waals surface area contributed by atoms with E-state index < -0.39 is 0 Å². The molecule has 0 saturated carbocycles. The van der Waals surface area contributed by atoms with Gasteiger partial charge < -0.3 is 15.4 Å². The van der Waals surface area contributed by atoms with Crippen molar-refractivity contribution in [1.29, 1.82) is 0 Å². The van der Waals surface area contributed by atoms with Crippen LogP contribution >= 0.6 is 12.4 Å². The van der Waals surface area contributed by atoms with Gasteiger partial charge in [0.2, 0.25) is 0 Å². The van der Waals surface area contributed by atoms with Crippen LogP contribution in [-0.4, -0.2) is 37.0 Å². The first-order chi connectivity index (χ1) is 8.79. The smallest absolute Gasteiger partial charge is 0.260 e. The largest absolute Gasteiger partial charge is 0.484 e. The molecule has 1 atom stereocenters. The van der Waals surface area contributed by atoms with Crippen LogP contribution in [0.4, 0.5) is 0 Å². The Balaban J connectivity index is 0.00000180. The van der Waals surface area contributed by atoms with Crippen molar-refractivity contribution in [2.75, 3.05) is 26.2 Å². The monoisotopic (exact) mass is 284 g/mol. The lowest BCUT2D eigenvalue weighted by atomic mass is 9.98. The second-order valence-electron chi connectivity index (χ2n) is 4.69. The SMILES string of the molecule is Cl.NCC1CCCN(C(=O)COc2ccccc2)C1. The molecular weight excluding hydrogens is 264 g/mol. The van der Waals surface area contributed by atoms with Crippen LogP contribution in [0.3, 0.4) is 0 Å². The van der Waals surface area contributed by atoms with E-state index in [4.69, 9.17) is 10.5 Å². The summed E-state index contributed by atoms with van der Waals surface area (Å²) in [4.78, 5) is 13.9. The van der Waals surface area contributed by atoms with Crippen molar-refractivity contribution >= 4 is 18.3 Å². The average Bonchev–Trinajstić information content (AvgIpc) is 2.46.